The van der Waals surface area contributed by atoms with E-state index in [1.165, 1.54) is 0 Å². The van der Waals surface area contributed by atoms with Gasteiger partial charge in [0, 0.05) is 12.5 Å². The molecule has 19 heavy (non-hydrogen) atoms. The molecule has 2 rings (SSSR count). The Bertz CT molecular complexity index is 386. The van der Waals surface area contributed by atoms with Crippen molar-refractivity contribution in [2.45, 2.75) is 58.3 Å². The summed E-state index contributed by atoms with van der Waals surface area (Å²) in [5.41, 5.74) is 3.26. The second-order valence-electron chi connectivity index (χ2n) is 5.60. The number of hydrogen-bond acceptors (Lipinski definition) is 6. The van der Waals surface area contributed by atoms with Gasteiger partial charge in [0.1, 0.15) is 6.04 Å². The molecule has 0 aromatic carbocycles. The molecule has 1 N–H and O–H groups in total. The maximum Gasteiger partial charge on any atom is 0.511 e. The first-order valence-electron chi connectivity index (χ1n) is 6.73. The van der Waals surface area contributed by atoms with Crippen LogP contribution < -0.4 is 5.43 Å². The number of nitrogens with one attached hydrogen (secondary N) is 1. The van der Waals surface area contributed by atoms with Crippen molar-refractivity contribution in [3.05, 3.63) is 0 Å². The minimum absolute atomic E-state index is 0.109. The molecule has 0 saturated carbocycles. The number of ether oxygens (including phenoxy) is 1. The van der Waals surface area contributed by atoms with Crippen LogP contribution in [0.1, 0.15) is 40.5 Å². The average molecular weight is 268 g/mol. The first kappa shape index (κ1) is 14.3. The van der Waals surface area contributed by atoms with E-state index in [-0.39, 0.29) is 17.7 Å². The predicted octanol–water partition coefficient (Wildman–Crippen LogP) is 0.899. The van der Waals surface area contributed by atoms with Gasteiger partial charge in [-0.15, -0.1) is 0 Å². The highest BCUT2D eigenvalue weighted by molar-refractivity contribution is 6.82. The smallest absolute Gasteiger partial charge is 0.464 e. The van der Waals surface area contributed by atoms with Gasteiger partial charge in [-0.05, 0) is 34.1 Å². The molecule has 2 atom stereocenters. The maximum atomic E-state index is 11.6. The highest BCUT2D eigenvalue weighted by atomic mass is 16.6. The Labute approximate surface area is 114 Å². The summed E-state index contributed by atoms with van der Waals surface area (Å²) >= 11 is 0. The summed E-state index contributed by atoms with van der Waals surface area (Å²) in [6.45, 7) is 8.23. The van der Waals surface area contributed by atoms with E-state index in [4.69, 9.17) is 14.0 Å². The van der Waals surface area contributed by atoms with Crippen LogP contribution in [-0.4, -0.2) is 43.1 Å². The number of hydrogen-bond donors (Lipinski definition) is 1. The van der Waals surface area contributed by atoms with Crippen molar-refractivity contribution in [2.24, 2.45) is 5.10 Å². The van der Waals surface area contributed by atoms with Crippen molar-refractivity contribution in [2.75, 3.05) is 6.61 Å². The molecular weight excluding hydrogens is 247 g/mol. The fourth-order valence-corrected chi connectivity index (χ4v) is 2.45. The molecule has 0 amide bonds. The molecule has 2 aliphatic heterocycles. The molecule has 6 nitrogen and oxygen atoms in total. The molecule has 0 aromatic rings. The van der Waals surface area contributed by atoms with Crippen LogP contribution in [-0.2, 0) is 18.8 Å². The van der Waals surface area contributed by atoms with E-state index in [1.807, 2.05) is 20.8 Å². The molecule has 7 heteroatoms. The van der Waals surface area contributed by atoms with Crippen LogP contribution in [0.3, 0.4) is 0 Å². The summed E-state index contributed by atoms with van der Waals surface area (Å²) < 4.78 is 16.6. The van der Waals surface area contributed by atoms with Crippen LogP contribution >= 0.6 is 0 Å². The van der Waals surface area contributed by atoms with Crippen molar-refractivity contribution in [3.63, 3.8) is 0 Å². The fourth-order valence-electron chi connectivity index (χ4n) is 2.45. The van der Waals surface area contributed by atoms with Crippen molar-refractivity contribution in [1.82, 2.24) is 5.43 Å². The standard InChI is InChI=1S/C12H21BN2O4/c1-5-17-11(16)9-6-10(15-14-9)13-18-8(2)7-12(3,4)19-13/h8-9,14H,5-7H2,1-4H3. The molecule has 2 aliphatic rings. The van der Waals surface area contributed by atoms with Crippen LogP contribution in [0.25, 0.3) is 0 Å². The molecule has 2 unspecified atom stereocenters. The molecule has 1 saturated heterocycles. The second-order valence-corrected chi connectivity index (χ2v) is 5.60. The van der Waals surface area contributed by atoms with Crippen molar-refractivity contribution in [1.29, 1.82) is 0 Å². The van der Waals surface area contributed by atoms with Gasteiger partial charge in [-0.1, -0.05) is 0 Å². The summed E-state index contributed by atoms with van der Waals surface area (Å²) in [6, 6.07) is -0.428. The van der Waals surface area contributed by atoms with E-state index in [9.17, 15) is 4.79 Å². The summed E-state index contributed by atoms with van der Waals surface area (Å²) in [5, 5.41) is 4.16. The van der Waals surface area contributed by atoms with E-state index in [0.717, 1.165) is 12.0 Å². The summed E-state index contributed by atoms with van der Waals surface area (Å²) in [6.07, 6.45) is 1.41. The number of carbonyl (C=O) groups is 1. The number of rotatable bonds is 3. The van der Waals surface area contributed by atoms with Crippen LogP contribution in [0.15, 0.2) is 5.10 Å². The third-order valence-electron chi connectivity index (χ3n) is 3.18. The van der Waals surface area contributed by atoms with Gasteiger partial charge < -0.3 is 14.0 Å². The Kier molecular flexibility index (Phi) is 4.15. The van der Waals surface area contributed by atoms with Crippen molar-refractivity contribution >= 4 is 18.7 Å². The van der Waals surface area contributed by atoms with Gasteiger partial charge in [-0.25, -0.2) is 4.79 Å². The first-order chi connectivity index (χ1) is 8.91. The van der Waals surface area contributed by atoms with Gasteiger partial charge in [0.2, 0.25) is 0 Å². The number of esters is 1. The van der Waals surface area contributed by atoms with Gasteiger partial charge in [0.25, 0.3) is 0 Å². The highest BCUT2D eigenvalue weighted by Crippen LogP contribution is 2.27. The largest absolute Gasteiger partial charge is 0.511 e. The minimum Gasteiger partial charge on any atom is -0.464 e. The van der Waals surface area contributed by atoms with Gasteiger partial charge in [-0.3, -0.25) is 5.43 Å². The Morgan fingerprint density at radius 1 is 1.63 bits per heavy atom. The highest BCUT2D eigenvalue weighted by Gasteiger charge is 2.43. The van der Waals surface area contributed by atoms with Crippen molar-refractivity contribution < 1.29 is 18.8 Å². The van der Waals surface area contributed by atoms with E-state index in [0.29, 0.717) is 13.0 Å². The van der Waals surface area contributed by atoms with E-state index in [2.05, 4.69) is 10.5 Å². The first-order valence-corrected chi connectivity index (χ1v) is 6.73. The van der Waals surface area contributed by atoms with Crippen LogP contribution in [0, 0.1) is 0 Å². The molecule has 0 aromatic heterocycles. The van der Waals surface area contributed by atoms with E-state index >= 15 is 0 Å². The second kappa shape index (κ2) is 5.50. The Morgan fingerprint density at radius 2 is 2.37 bits per heavy atom. The summed E-state index contributed by atoms with van der Waals surface area (Å²) in [5.74, 6) is -0.288. The third-order valence-corrected chi connectivity index (χ3v) is 3.18. The zero-order valence-electron chi connectivity index (χ0n) is 11.9. The van der Waals surface area contributed by atoms with Gasteiger partial charge in [0.05, 0.1) is 17.8 Å². The Hall–Kier alpha value is -1.08. The monoisotopic (exact) mass is 268 g/mol. The zero-order chi connectivity index (χ0) is 14.0. The topological polar surface area (TPSA) is 69.2 Å². The number of nitrogens with zero attached hydrogens (tertiary/aromatic N) is 1. The quantitative estimate of drug-likeness (QED) is 0.608. The molecule has 2 heterocycles. The van der Waals surface area contributed by atoms with Crippen LogP contribution in [0.5, 0.6) is 0 Å². The molecule has 106 valence electrons. The minimum atomic E-state index is -0.481. The van der Waals surface area contributed by atoms with Crippen LogP contribution in [0.4, 0.5) is 0 Å². The molecule has 0 spiro atoms. The Balaban J connectivity index is 1.95. The fraction of sp³-hybridized carbons (Fsp3) is 0.833. The number of hydrazone groups is 1. The lowest BCUT2D eigenvalue weighted by Gasteiger charge is -2.38. The molecular formula is C12H21BN2O4. The lowest BCUT2D eigenvalue weighted by atomic mass is 9.75. The normalized spacial score (nSPS) is 29.7. The van der Waals surface area contributed by atoms with Gasteiger partial charge in [0.15, 0.2) is 0 Å². The Morgan fingerprint density at radius 3 is 3.00 bits per heavy atom. The SMILES string of the molecule is CCOC(=O)C1CC(B2OC(C)CC(C)(C)O2)=NN1. The maximum absolute atomic E-state index is 11.6. The third kappa shape index (κ3) is 3.48. The molecule has 0 radical (unpaired) electrons. The lowest BCUT2D eigenvalue weighted by molar-refractivity contribution is -0.145. The summed E-state index contributed by atoms with van der Waals surface area (Å²) in [4.78, 5) is 11.6. The predicted molar refractivity (Wildman–Crippen MR) is 71.7 cm³/mol. The molecule has 0 bridgehead atoms. The van der Waals surface area contributed by atoms with E-state index in [1.54, 1.807) is 6.92 Å². The van der Waals surface area contributed by atoms with E-state index < -0.39 is 13.2 Å². The van der Waals surface area contributed by atoms with Crippen LogP contribution in [0.2, 0.25) is 0 Å². The average Bonchev–Trinajstić information content (AvgIpc) is 2.75. The van der Waals surface area contributed by atoms with Crippen molar-refractivity contribution in [3.8, 4) is 0 Å². The number of carbonyl (C=O) groups excluding carboxylic acids is 1. The van der Waals surface area contributed by atoms with Gasteiger partial charge in [-0.2, -0.15) is 5.10 Å². The summed E-state index contributed by atoms with van der Waals surface area (Å²) in [7, 11) is -0.481. The lowest BCUT2D eigenvalue weighted by Crippen LogP contribution is -2.50. The molecule has 0 aliphatic carbocycles. The van der Waals surface area contributed by atoms with Gasteiger partial charge >= 0.3 is 13.1 Å². The zero-order valence-corrected chi connectivity index (χ0v) is 11.9. The molecule has 1 fully saturated rings.